The Balaban J connectivity index is 1.97. The standard InChI is InChI=1S/C13H9N3OS/c17-12-11(18-13-14-9-15-16(12)13)8-4-7-10-5-2-1-3-6-10/h1-9H/b7-4-,11-8-. The molecule has 0 aliphatic rings. The van der Waals surface area contributed by atoms with Gasteiger partial charge in [-0.25, -0.2) is 4.98 Å². The van der Waals surface area contributed by atoms with Crippen molar-refractivity contribution in [3.8, 4) is 0 Å². The molecule has 88 valence electrons. The topological polar surface area (TPSA) is 47.3 Å². The van der Waals surface area contributed by atoms with E-state index in [-0.39, 0.29) is 5.56 Å². The number of thiazole rings is 1. The monoisotopic (exact) mass is 255 g/mol. The highest BCUT2D eigenvalue weighted by molar-refractivity contribution is 7.15. The van der Waals surface area contributed by atoms with Crippen molar-refractivity contribution in [1.82, 2.24) is 14.6 Å². The van der Waals surface area contributed by atoms with Gasteiger partial charge in [0.1, 0.15) is 6.33 Å². The summed E-state index contributed by atoms with van der Waals surface area (Å²) in [4.78, 5) is 16.5. The summed E-state index contributed by atoms with van der Waals surface area (Å²) >= 11 is 1.34. The second-order valence-corrected chi connectivity index (χ2v) is 4.67. The number of allylic oxidation sites excluding steroid dienone is 1. The van der Waals surface area contributed by atoms with E-state index in [0.717, 1.165) is 5.56 Å². The van der Waals surface area contributed by atoms with Gasteiger partial charge in [0.25, 0.3) is 5.56 Å². The van der Waals surface area contributed by atoms with E-state index in [2.05, 4.69) is 10.1 Å². The van der Waals surface area contributed by atoms with Crippen molar-refractivity contribution in [3.05, 3.63) is 63.2 Å². The zero-order chi connectivity index (χ0) is 12.4. The molecule has 3 rings (SSSR count). The summed E-state index contributed by atoms with van der Waals surface area (Å²) < 4.78 is 1.95. The summed E-state index contributed by atoms with van der Waals surface area (Å²) in [5.41, 5.74) is 0.978. The van der Waals surface area contributed by atoms with Gasteiger partial charge in [-0.05, 0) is 11.6 Å². The van der Waals surface area contributed by atoms with Crippen LogP contribution in [0.1, 0.15) is 5.56 Å². The van der Waals surface area contributed by atoms with E-state index in [1.165, 1.54) is 22.2 Å². The van der Waals surface area contributed by atoms with Crippen LogP contribution in [0.4, 0.5) is 0 Å². The number of fused-ring (bicyclic) bond motifs is 1. The van der Waals surface area contributed by atoms with Crippen LogP contribution in [-0.4, -0.2) is 14.6 Å². The maximum atomic E-state index is 11.8. The van der Waals surface area contributed by atoms with Crippen LogP contribution >= 0.6 is 11.3 Å². The van der Waals surface area contributed by atoms with Crippen LogP contribution in [0, 0.1) is 0 Å². The van der Waals surface area contributed by atoms with Crippen molar-refractivity contribution >= 4 is 28.4 Å². The zero-order valence-electron chi connectivity index (χ0n) is 9.35. The Morgan fingerprint density at radius 2 is 2.06 bits per heavy atom. The van der Waals surface area contributed by atoms with Gasteiger partial charge in [0, 0.05) is 0 Å². The van der Waals surface area contributed by atoms with Gasteiger partial charge in [-0.3, -0.25) is 4.79 Å². The minimum absolute atomic E-state index is 0.120. The molecule has 0 saturated heterocycles. The number of hydrogen-bond acceptors (Lipinski definition) is 4. The summed E-state index contributed by atoms with van der Waals surface area (Å²) in [6, 6.07) is 9.93. The third kappa shape index (κ3) is 1.96. The van der Waals surface area contributed by atoms with Crippen LogP contribution in [-0.2, 0) is 0 Å². The first-order valence-corrected chi connectivity index (χ1v) is 6.22. The van der Waals surface area contributed by atoms with Crippen molar-refractivity contribution in [2.75, 3.05) is 0 Å². The molecule has 0 amide bonds. The molecule has 0 unspecified atom stereocenters. The second-order valence-electron chi connectivity index (χ2n) is 3.66. The Kier molecular flexibility index (Phi) is 2.74. The molecular formula is C13H9N3OS. The molecule has 0 N–H and O–H groups in total. The van der Waals surface area contributed by atoms with Crippen molar-refractivity contribution in [3.63, 3.8) is 0 Å². The number of hydrogen-bond donors (Lipinski definition) is 0. The molecule has 4 nitrogen and oxygen atoms in total. The van der Waals surface area contributed by atoms with Crippen LogP contribution in [0.5, 0.6) is 0 Å². The fourth-order valence-corrected chi connectivity index (χ4v) is 2.44. The summed E-state index contributed by atoms with van der Waals surface area (Å²) in [6.45, 7) is 0. The highest BCUT2D eigenvalue weighted by Crippen LogP contribution is 2.01. The van der Waals surface area contributed by atoms with E-state index in [4.69, 9.17) is 0 Å². The lowest BCUT2D eigenvalue weighted by Gasteiger charge is -1.87. The van der Waals surface area contributed by atoms with Crippen molar-refractivity contribution < 1.29 is 0 Å². The van der Waals surface area contributed by atoms with Crippen LogP contribution in [0.2, 0.25) is 0 Å². The second kappa shape index (κ2) is 4.54. The van der Waals surface area contributed by atoms with E-state index < -0.39 is 0 Å². The van der Waals surface area contributed by atoms with Gasteiger partial charge in [0.05, 0.1) is 4.53 Å². The molecule has 2 aromatic heterocycles. The van der Waals surface area contributed by atoms with E-state index in [1.54, 1.807) is 6.08 Å². The molecule has 0 aliphatic carbocycles. The molecule has 0 spiro atoms. The average Bonchev–Trinajstić information content (AvgIpc) is 2.96. The number of benzene rings is 1. The smallest absolute Gasteiger partial charge is 0.266 e. The Labute approximate surface area is 107 Å². The Hall–Kier alpha value is -2.27. The number of rotatable bonds is 2. The molecule has 1 aromatic carbocycles. The minimum Gasteiger partial charge on any atom is -0.266 e. The van der Waals surface area contributed by atoms with Gasteiger partial charge in [0.15, 0.2) is 0 Å². The first-order valence-electron chi connectivity index (χ1n) is 5.40. The van der Waals surface area contributed by atoms with Crippen molar-refractivity contribution in [2.24, 2.45) is 0 Å². The van der Waals surface area contributed by atoms with Crippen molar-refractivity contribution in [1.29, 1.82) is 0 Å². The summed E-state index contributed by atoms with van der Waals surface area (Å²) in [5, 5.41) is 3.86. The van der Waals surface area contributed by atoms with Crippen LogP contribution in [0.25, 0.3) is 17.1 Å². The van der Waals surface area contributed by atoms with E-state index >= 15 is 0 Å². The van der Waals surface area contributed by atoms with Gasteiger partial charge in [-0.2, -0.15) is 9.61 Å². The molecular weight excluding hydrogens is 246 g/mol. The summed E-state index contributed by atoms with van der Waals surface area (Å²) in [7, 11) is 0. The normalized spacial score (nSPS) is 12.8. The van der Waals surface area contributed by atoms with Crippen LogP contribution in [0.3, 0.4) is 0 Å². The van der Waals surface area contributed by atoms with E-state index in [1.807, 2.05) is 42.5 Å². The molecule has 0 saturated carbocycles. The first kappa shape index (κ1) is 10.9. The molecule has 5 heteroatoms. The third-order valence-corrected chi connectivity index (χ3v) is 3.45. The van der Waals surface area contributed by atoms with E-state index in [0.29, 0.717) is 9.49 Å². The highest BCUT2D eigenvalue weighted by atomic mass is 32.1. The molecule has 0 atom stereocenters. The van der Waals surface area contributed by atoms with Crippen molar-refractivity contribution in [2.45, 2.75) is 0 Å². The highest BCUT2D eigenvalue weighted by Gasteiger charge is 2.03. The zero-order valence-corrected chi connectivity index (χ0v) is 10.2. The predicted octanol–water partition coefficient (Wildman–Crippen LogP) is 1.36. The van der Waals surface area contributed by atoms with E-state index in [9.17, 15) is 4.79 Å². The summed E-state index contributed by atoms with van der Waals surface area (Å²) in [5.74, 6) is 0. The molecule has 18 heavy (non-hydrogen) atoms. The third-order valence-electron chi connectivity index (χ3n) is 2.46. The Morgan fingerprint density at radius 3 is 2.83 bits per heavy atom. The van der Waals surface area contributed by atoms with Gasteiger partial charge >= 0.3 is 0 Å². The van der Waals surface area contributed by atoms with Gasteiger partial charge in [-0.1, -0.05) is 53.8 Å². The fourth-order valence-electron chi connectivity index (χ4n) is 1.60. The molecule has 0 fully saturated rings. The first-order chi connectivity index (χ1) is 8.84. The predicted molar refractivity (Wildman–Crippen MR) is 72.3 cm³/mol. The Morgan fingerprint density at radius 1 is 1.22 bits per heavy atom. The maximum absolute atomic E-state index is 11.8. The largest absolute Gasteiger partial charge is 0.291 e. The fraction of sp³-hybridized carbons (Fsp3) is 0. The molecule has 0 bridgehead atoms. The lowest BCUT2D eigenvalue weighted by atomic mass is 10.2. The SMILES string of the molecule is O=c1/c(=C/C=C\c2ccccc2)sc2ncnn12. The quantitative estimate of drug-likeness (QED) is 0.694. The lowest BCUT2D eigenvalue weighted by molar-refractivity contribution is 0.932. The molecule has 2 heterocycles. The number of nitrogens with zero attached hydrogens (tertiary/aromatic N) is 3. The van der Waals surface area contributed by atoms with Crippen LogP contribution < -0.4 is 10.1 Å². The molecule has 0 aliphatic heterocycles. The lowest BCUT2D eigenvalue weighted by Crippen LogP contribution is -2.23. The Bertz CT molecular complexity index is 802. The average molecular weight is 255 g/mol. The summed E-state index contributed by atoms with van der Waals surface area (Å²) in [6.07, 6.45) is 6.99. The number of aromatic nitrogens is 3. The van der Waals surface area contributed by atoms with Gasteiger partial charge in [-0.15, -0.1) is 0 Å². The maximum Gasteiger partial charge on any atom is 0.291 e. The van der Waals surface area contributed by atoms with Gasteiger partial charge in [0.2, 0.25) is 4.96 Å². The van der Waals surface area contributed by atoms with Gasteiger partial charge < -0.3 is 0 Å². The molecule has 3 aromatic rings. The molecule has 0 radical (unpaired) electrons. The van der Waals surface area contributed by atoms with Crippen LogP contribution in [0.15, 0.2) is 47.5 Å². The minimum atomic E-state index is -0.120.